The molecule has 0 radical (unpaired) electrons. The monoisotopic (exact) mass is 237 g/mol. The minimum Gasteiger partial charge on any atom is -0.504 e. The van der Waals surface area contributed by atoms with Gasteiger partial charge in [-0.25, -0.2) is 0 Å². The predicted octanol–water partition coefficient (Wildman–Crippen LogP) is 0.418. The number of aldehydes is 1. The van der Waals surface area contributed by atoms with Crippen molar-refractivity contribution in [1.82, 2.24) is 5.32 Å². The molecular formula is C11H11NO5. The van der Waals surface area contributed by atoms with Crippen molar-refractivity contribution in [2.24, 2.45) is 0 Å². The van der Waals surface area contributed by atoms with Crippen LogP contribution in [0.25, 0.3) is 0 Å². The Balaban J connectivity index is 3.12. The smallest absolute Gasteiger partial charge is 0.243 e. The molecule has 90 valence electrons. The Morgan fingerprint density at radius 2 is 2.00 bits per heavy atom. The lowest BCUT2D eigenvalue weighted by Crippen LogP contribution is -2.20. The Bertz CT molecular complexity index is 481. The molecule has 0 unspecified atom stereocenters. The normalized spacial score (nSPS) is 9.65. The van der Waals surface area contributed by atoms with Crippen LogP contribution in [0.1, 0.15) is 15.9 Å². The first-order valence-electron chi connectivity index (χ1n) is 4.63. The van der Waals surface area contributed by atoms with E-state index in [1.807, 2.05) is 0 Å². The molecule has 0 saturated heterocycles. The summed E-state index contributed by atoms with van der Waals surface area (Å²) in [5.74, 6) is -2.48. The van der Waals surface area contributed by atoms with Gasteiger partial charge in [0, 0.05) is 17.7 Å². The highest BCUT2D eigenvalue weighted by molar-refractivity contribution is 5.87. The van der Waals surface area contributed by atoms with Gasteiger partial charge in [-0.05, 0) is 12.1 Å². The molecule has 1 amide bonds. The highest BCUT2D eigenvalue weighted by Gasteiger charge is 2.16. The minimum absolute atomic E-state index is 0.0190. The van der Waals surface area contributed by atoms with Crippen LogP contribution in [0.3, 0.4) is 0 Å². The molecule has 1 aromatic carbocycles. The Hall–Kier alpha value is -2.50. The Labute approximate surface area is 96.8 Å². The average Bonchev–Trinajstić information content (AvgIpc) is 2.33. The Morgan fingerprint density at radius 3 is 2.53 bits per heavy atom. The van der Waals surface area contributed by atoms with Crippen LogP contribution in [-0.4, -0.2) is 27.5 Å². The van der Waals surface area contributed by atoms with Crippen molar-refractivity contribution >= 4 is 12.2 Å². The third kappa shape index (κ3) is 2.54. The summed E-state index contributed by atoms with van der Waals surface area (Å²) in [7, 11) is 0. The topological polar surface area (TPSA) is 107 Å². The van der Waals surface area contributed by atoms with Crippen LogP contribution in [0.4, 0.5) is 0 Å². The molecule has 0 spiro atoms. The number of aromatic hydroxyl groups is 3. The van der Waals surface area contributed by atoms with E-state index in [-0.39, 0.29) is 17.7 Å². The molecule has 6 heteroatoms. The average molecular weight is 237 g/mol. The molecule has 0 aliphatic heterocycles. The molecule has 0 fully saturated rings. The summed E-state index contributed by atoms with van der Waals surface area (Å²) in [5, 5.41) is 30.3. The van der Waals surface area contributed by atoms with Gasteiger partial charge in [-0.2, -0.15) is 0 Å². The zero-order valence-electron chi connectivity index (χ0n) is 8.80. The van der Waals surface area contributed by atoms with Gasteiger partial charge in [0.15, 0.2) is 17.8 Å². The summed E-state index contributed by atoms with van der Waals surface area (Å²) < 4.78 is 0. The number of nitrogens with one attached hydrogen (secondary N) is 1. The number of rotatable bonds is 4. The van der Waals surface area contributed by atoms with Crippen molar-refractivity contribution in [3.8, 4) is 17.2 Å². The van der Waals surface area contributed by atoms with Gasteiger partial charge in [0.25, 0.3) is 0 Å². The highest BCUT2D eigenvalue weighted by Crippen LogP contribution is 2.38. The Morgan fingerprint density at radius 1 is 1.35 bits per heavy atom. The van der Waals surface area contributed by atoms with E-state index >= 15 is 0 Å². The maximum Gasteiger partial charge on any atom is 0.243 e. The number of hydrogen-bond donors (Lipinski definition) is 4. The number of amides is 1. The fraction of sp³-hybridized carbons (Fsp3) is 0.0909. The summed E-state index contributed by atoms with van der Waals surface area (Å²) in [5.41, 5.74) is -0.00679. The molecule has 0 saturated carbocycles. The lowest BCUT2D eigenvalue weighted by molar-refractivity contribution is -0.116. The van der Waals surface area contributed by atoms with E-state index < -0.39 is 23.2 Å². The molecule has 17 heavy (non-hydrogen) atoms. The van der Waals surface area contributed by atoms with Gasteiger partial charge in [0.2, 0.25) is 11.7 Å². The van der Waals surface area contributed by atoms with Gasteiger partial charge in [-0.3, -0.25) is 9.59 Å². The van der Waals surface area contributed by atoms with Gasteiger partial charge in [-0.15, -0.1) is 0 Å². The van der Waals surface area contributed by atoms with Crippen molar-refractivity contribution in [2.45, 2.75) is 6.54 Å². The first kappa shape index (κ1) is 12.6. The van der Waals surface area contributed by atoms with Crippen LogP contribution in [-0.2, 0) is 11.3 Å². The van der Waals surface area contributed by atoms with Crippen LogP contribution >= 0.6 is 0 Å². The molecule has 1 aromatic rings. The van der Waals surface area contributed by atoms with Crippen molar-refractivity contribution < 1.29 is 24.9 Å². The van der Waals surface area contributed by atoms with Crippen LogP contribution < -0.4 is 5.32 Å². The van der Waals surface area contributed by atoms with Gasteiger partial charge >= 0.3 is 0 Å². The second-order valence-electron chi connectivity index (χ2n) is 3.20. The van der Waals surface area contributed by atoms with E-state index in [2.05, 4.69) is 11.9 Å². The van der Waals surface area contributed by atoms with Gasteiger partial charge in [0.1, 0.15) is 0 Å². The quantitative estimate of drug-likeness (QED) is 0.345. The standard InChI is InChI=1S/C11H11NO5/c1-2-9(15)12-4-7-6(5-13)3-8(14)11(17)10(7)16/h2-3,5,14,16-17H,1,4H2,(H,12,15). The number of benzene rings is 1. The minimum atomic E-state index is -0.738. The van der Waals surface area contributed by atoms with E-state index in [1.165, 1.54) is 0 Å². The van der Waals surface area contributed by atoms with E-state index in [0.29, 0.717) is 6.29 Å². The second-order valence-corrected chi connectivity index (χ2v) is 3.20. The van der Waals surface area contributed by atoms with Crippen LogP contribution in [0, 0.1) is 0 Å². The SMILES string of the molecule is C=CC(=O)NCc1c(C=O)cc(O)c(O)c1O. The number of phenolic OH excluding ortho intramolecular Hbond substituents is 3. The fourth-order valence-corrected chi connectivity index (χ4v) is 1.24. The highest BCUT2D eigenvalue weighted by atomic mass is 16.3. The largest absolute Gasteiger partial charge is 0.504 e. The molecule has 0 aromatic heterocycles. The van der Waals surface area contributed by atoms with Gasteiger partial charge in [-0.1, -0.05) is 6.58 Å². The van der Waals surface area contributed by atoms with Crippen LogP contribution in [0.5, 0.6) is 17.2 Å². The number of phenols is 3. The molecule has 1 rings (SSSR count). The van der Waals surface area contributed by atoms with E-state index in [9.17, 15) is 24.9 Å². The molecule has 4 N–H and O–H groups in total. The summed E-state index contributed by atoms with van der Waals surface area (Å²) in [4.78, 5) is 21.7. The van der Waals surface area contributed by atoms with Crippen LogP contribution in [0.2, 0.25) is 0 Å². The van der Waals surface area contributed by atoms with Crippen molar-refractivity contribution in [3.63, 3.8) is 0 Å². The van der Waals surface area contributed by atoms with Crippen molar-refractivity contribution in [3.05, 3.63) is 29.8 Å². The summed E-state index contributed by atoms with van der Waals surface area (Å²) >= 11 is 0. The van der Waals surface area contributed by atoms with Gasteiger partial charge in [0.05, 0.1) is 0 Å². The first-order chi connectivity index (χ1) is 8.01. The lowest BCUT2D eigenvalue weighted by Gasteiger charge is -2.10. The van der Waals surface area contributed by atoms with Crippen molar-refractivity contribution in [1.29, 1.82) is 0 Å². The maximum atomic E-state index is 10.9. The Kier molecular flexibility index (Phi) is 3.71. The van der Waals surface area contributed by atoms with E-state index in [0.717, 1.165) is 12.1 Å². The van der Waals surface area contributed by atoms with Crippen LogP contribution in [0.15, 0.2) is 18.7 Å². The maximum absolute atomic E-state index is 10.9. The summed E-state index contributed by atoms with van der Waals surface area (Å²) in [6.07, 6.45) is 1.42. The molecule has 0 bridgehead atoms. The number of carbonyl (C=O) groups is 2. The predicted molar refractivity (Wildman–Crippen MR) is 58.9 cm³/mol. The molecular weight excluding hydrogens is 226 g/mol. The van der Waals surface area contributed by atoms with E-state index in [4.69, 9.17) is 0 Å². The third-order valence-electron chi connectivity index (χ3n) is 2.15. The molecule has 0 aliphatic carbocycles. The molecule has 0 atom stereocenters. The van der Waals surface area contributed by atoms with E-state index in [1.54, 1.807) is 0 Å². The number of carbonyl (C=O) groups excluding carboxylic acids is 2. The summed E-state index contributed by atoms with van der Waals surface area (Å²) in [6, 6.07) is 0.997. The lowest BCUT2D eigenvalue weighted by atomic mass is 10.1. The molecule has 0 heterocycles. The number of hydrogen-bond acceptors (Lipinski definition) is 5. The summed E-state index contributed by atoms with van der Waals surface area (Å²) in [6.45, 7) is 3.07. The van der Waals surface area contributed by atoms with Crippen molar-refractivity contribution in [2.75, 3.05) is 0 Å². The third-order valence-corrected chi connectivity index (χ3v) is 2.15. The zero-order valence-corrected chi connectivity index (χ0v) is 8.80. The zero-order chi connectivity index (χ0) is 13.0. The second kappa shape index (κ2) is 5.02. The van der Waals surface area contributed by atoms with Gasteiger partial charge < -0.3 is 20.6 Å². The molecule has 0 aliphatic rings. The molecule has 6 nitrogen and oxygen atoms in total. The fourth-order valence-electron chi connectivity index (χ4n) is 1.24. The first-order valence-corrected chi connectivity index (χ1v) is 4.63.